The zero-order valence-electron chi connectivity index (χ0n) is 11.1. The van der Waals surface area contributed by atoms with Gasteiger partial charge in [0, 0.05) is 13.1 Å². The molecule has 1 heterocycles. The second-order valence-electron chi connectivity index (χ2n) is 4.47. The third-order valence-corrected chi connectivity index (χ3v) is 5.63. The molecule has 0 saturated carbocycles. The fourth-order valence-electron chi connectivity index (χ4n) is 1.71. The molecule has 5 nitrogen and oxygen atoms in total. The molecular formula is C12H12Cl3N3O2S. The van der Waals surface area contributed by atoms with Crippen molar-refractivity contribution < 1.29 is 8.42 Å². The van der Waals surface area contributed by atoms with Gasteiger partial charge in [-0.05, 0) is 24.6 Å². The van der Waals surface area contributed by atoms with Gasteiger partial charge in [-0.3, -0.25) is 0 Å². The standard InChI is InChI=1S/C12H12Cl3N3O2S/c1-7(8-3-4-9(13)10(14)5-8)17-21(19,20)12-11(15)18(2)6-16-12/h3-7,17H,1-2H3. The van der Waals surface area contributed by atoms with E-state index < -0.39 is 16.1 Å². The topological polar surface area (TPSA) is 64.0 Å². The minimum absolute atomic E-state index is 0.0452. The smallest absolute Gasteiger partial charge is 0.261 e. The van der Waals surface area contributed by atoms with Crippen molar-refractivity contribution in [1.29, 1.82) is 0 Å². The van der Waals surface area contributed by atoms with Gasteiger partial charge in [0.05, 0.1) is 16.4 Å². The lowest BCUT2D eigenvalue weighted by molar-refractivity contribution is 0.563. The monoisotopic (exact) mass is 367 g/mol. The summed E-state index contributed by atoms with van der Waals surface area (Å²) in [6, 6.07) is 4.40. The van der Waals surface area contributed by atoms with E-state index in [1.54, 1.807) is 32.2 Å². The van der Waals surface area contributed by atoms with E-state index in [2.05, 4.69) is 9.71 Å². The highest BCUT2D eigenvalue weighted by molar-refractivity contribution is 7.89. The average Bonchev–Trinajstić information content (AvgIpc) is 2.73. The molecular weight excluding hydrogens is 357 g/mol. The molecule has 1 unspecified atom stereocenters. The summed E-state index contributed by atoms with van der Waals surface area (Å²) in [6.07, 6.45) is 1.33. The summed E-state index contributed by atoms with van der Waals surface area (Å²) in [4.78, 5) is 3.80. The van der Waals surface area contributed by atoms with Gasteiger partial charge in [0.15, 0.2) is 0 Å². The average molecular weight is 369 g/mol. The second-order valence-corrected chi connectivity index (χ2v) is 7.27. The van der Waals surface area contributed by atoms with Gasteiger partial charge in [0.2, 0.25) is 5.03 Å². The number of sulfonamides is 1. The summed E-state index contributed by atoms with van der Waals surface area (Å²) in [5.41, 5.74) is 0.681. The van der Waals surface area contributed by atoms with E-state index in [1.165, 1.54) is 10.9 Å². The van der Waals surface area contributed by atoms with Crippen molar-refractivity contribution in [2.24, 2.45) is 7.05 Å². The van der Waals surface area contributed by atoms with Crippen LogP contribution < -0.4 is 4.72 Å². The van der Waals surface area contributed by atoms with Crippen molar-refractivity contribution in [3.8, 4) is 0 Å². The van der Waals surface area contributed by atoms with Crippen molar-refractivity contribution in [3.05, 3.63) is 45.3 Å². The molecule has 0 aliphatic rings. The first-order chi connectivity index (χ1) is 9.72. The molecule has 0 fully saturated rings. The van der Waals surface area contributed by atoms with Crippen LogP contribution in [0.5, 0.6) is 0 Å². The van der Waals surface area contributed by atoms with Crippen LogP contribution in [0.25, 0.3) is 0 Å². The number of aromatic nitrogens is 2. The van der Waals surface area contributed by atoms with Crippen molar-refractivity contribution >= 4 is 44.8 Å². The van der Waals surface area contributed by atoms with E-state index in [1.807, 2.05) is 0 Å². The molecule has 0 aliphatic carbocycles. The van der Waals surface area contributed by atoms with Gasteiger partial charge in [-0.15, -0.1) is 0 Å². The Morgan fingerprint density at radius 2 is 1.90 bits per heavy atom. The maximum atomic E-state index is 12.3. The number of imidazole rings is 1. The molecule has 0 amide bonds. The van der Waals surface area contributed by atoms with Crippen molar-refractivity contribution in [1.82, 2.24) is 14.3 Å². The highest BCUT2D eigenvalue weighted by atomic mass is 35.5. The lowest BCUT2D eigenvalue weighted by Gasteiger charge is -2.14. The normalized spacial score (nSPS) is 13.4. The fraction of sp³-hybridized carbons (Fsp3) is 0.250. The maximum Gasteiger partial charge on any atom is 0.261 e. The Labute approximate surface area is 137 Å². The lowest BCUT2D eigenvalue weighted by atomic mass is 10.1. The highest BCUT2D eigenvalue weighted by Crippen LogP contribution is 2.27. The van der Waals surface area contributed by atoms with Gasteiger partial charge in [-0.1, -0.05) is 40.9 Å². The first kappa shape index (κ1) is 16.6. The van der Waals surface area contributed by atoms with Crippen LogP contribution in [0.3, 0.4) is 0 Å². The number of nitrogens with one attached hydrogen (secondary N) is 1. The largest absolute Gasteiger partial charge is 0.324 e. The molecule has 1 N–H and O–H groups in total. The van der Waals surface area contributed by atoms with Gasteiger partial charge in [0.1, 0.15) is 5.15 Å². The number of aryl methyl sites for hydroxylation is 1. The van der Waals surface area contributed by atoms with E-state index in [4.69, 9.17) is 34.8 Å². The van der Waals surface area contributed by atoms with Crippen LogP contribution in [0.1, 0.15) is 18.5 Å². The molecule has 0 aliphatic heterocycles. The number of hydrogen-bond donors (Lipinski definition) is 1. The van der Waals surface area contributed by atoms with Gasteiger partial charge >= 0.3 is 0 Å². The molecule has 1 atom stereocenters. The summed E-state index contributed by atoms with van der Waals surface area (Å²) in [6.45, 7) is 1.69. The third-order valence-electron chi connectivity index (χ3n) is 2.86. The zero-order valence-corrected chi connectivity index (χ0v) is 14.2. The van der Waals surface area contributed by atoms with Crippen molar-refractivity contribution in [3.63, 3.8) is 0 Å². The molecule has 2 aromatic rings. The first-order valence-electron chi connectivity index (χ1n) is 5.86. The van der Waals surface area contributed by atoms with Crippen LogP contribution in [0.2, 0.25) is 15.2 Å². The number of hydrogen-bond acceptors (Lipinski definition) is 3. The summed E-state index contributed by atoms with van der Waals surface area (Å²) in [5.74, 6) is 0. The van der Waals surface area contributed by atoms with E-state index in [0.717, 1.165) is 0 Å². The molecule has 0 radical (unpaired) electrons. The van der Waals surface area contributed by atoms with Crippen LogP contribution in [-0.4, -0.2) is 18.0 Å². The first-order valence-corrected chi connectivity index (χ1v) is 8.48. The minimum atomic E-state index is -3.83. The van der Waals surface area contributed by atoms with E-state index >= 15 is 0 Å². The zero-order chi connectivity index (χ0) is 15.8. The summed E-state index contributed by atoms with van der Waals surface area (Å²) >= 11 is 17.7. The number of rotatable bonds is 4. The third kappa shape index (κ3) is 3.52. The Morgan fingerprint density at radius 1 is 1.24 bits per heavy atom. The SMILES string of the molecule is CC(NS(=O)(=O)c1ncn(C)c1Cl)c1ccc(Cl)c(Cl)c1. The molecule has 2 rings (SSSR count). The predicted octanol–water partition coefficient (Wildman–Crippen LogP) is 3.42. The lowest BCUT2D eigenvalue weighted by Crippen LogP contribution is -2.27. The predicted molar refractivity (Wildman–Crippen MR) is 83.4 cm³/mol. The summed E-state index contributed by atoms with van der Waals surface area (Å²) in [5, 5.41) is 0.599. The van der Waals surface area contributed by atoms with E-state index in [9.17, 15) is 8.42 Å². The van der Waals surface area contributed by atoms with Crippen LogP contribution in [0, 0.1) is 0 Å². The van der Waals surface area contributed by atoms with E-state index in [0.29, 0.717) is 15.6 Å². The van der Waals surface area contributed by atoms with Gasteiger partial charge < -0.3 is 4.57 Å². The molecule has 1 aromatic heterocycles. The fourth-order valence-corrected chi connectivity index (χ4v) is 3.68. The number of benzene rings is 1. The van der Waals surface area contributed by atoms with E-state index in [-0.39, 0.29) is 10.2 Å². The number of halogens is 3. The molecule has 9 heteroatoms. The molecule has 21 heavy (non-hydrogen) atoms. The second kappa shape index (κ2) is 6.14. The van der Waals surface area contributed by atoms with Gasteiger partial charge in [-0.2, -0.15) is 0 Å². The Hall–Kier alpha value is -0.790. The Balaban J connectivity index is 2.27. The van der Waals surface area contributed by atoms with Crippen molar-refractivity contribution in [2.75, 3.05) is 0 Å². The quantitative estimate of drug-likeness (QED) is 0.899. The van der Waals surface area contributed by atoms with Crippen LogP contribution >= 0.6 is 34.8 Å². The molecule has 0 saturated heterocycles. The van der Waals surface area contributed by atoms with Gasteiger partial charge in [-0.25, -0.2) is 18.1 Å². The Kier molecular flexibility index (Phi) is 4.85. The van der Waals surface area contributed by atoms with Crippen molar-refractivity contribution in [2.45, 2.75) is 18.0 Å². The summed E-state index contributed by atoms with van der Waals surface area (Å²) in [7, 11) is -2.22. The number of nitrogens with zero attached hydrogens (tertiary/aromatic N) is 2. The molecule has 114 valence electrons. The molecule has 0 spiro atoms. The van der Waals surface area contributed by atoms with Crippen LogP contribution in [0.4, 0.5) is 0 Å². The summed E-state index contributed by atoms with van der Waals surface area (Å²) < 4.78 is 28.5. The van der Waals surface area contributed by atoms with Crippen LogP contribution in [-0.2, 0) is 17.1 Å². The molecule has 0 bridgehead atoms. The Morgan fingerprint density at radius 3 is 2.43 bits per heavy atom. The van der Waals surface area contributed by atoms with Crippen LogP contribution in [0.15, 0.2) is 29.6 Å². The Bertz CT molecular complexity index is 774. The van der Waals surface area contributed by atoms with Gasteiger partial charge in [0.25, 0.3) is 10.0 Å². The molecule has 1 aromatic carbocycles. The highest BCUT2D eigenvalue weighted by Gasteiger charge is 2.24. The maximum absolute atomic E-state index is 12.3. The minimum Gasteiger partial charge on any atom is -0.324 e.